The van der Waals surface area contributed by atoms with Crippen molar-refractivity contribution in [2.75, 3.05) is 5.32 Å². The average Bonchev–Trinajstić information content (AvgIpc) is 3.38. The summed E-state index contributed by atoms with van der Waals surface area (Å²) < 4.78 is 28.4. The number of benzene rings is 1. The van der Waals surface area contributed by atoms with Crippen LogP contribution in [0.3, 0.4) is 0 Å². The fourth-order valence-electron chi connectivity index (χ4n) is 4.23. The summed E-state index contributed by atoms with van der Waals surface area (Å²) >= 11 is 6.00. The fourth-order valence-corrected chi connectivity index (χ4v) is 5.17. The molecule has 9 heteroatoms. The molecule has 0 saturated heterocycles. The zero-order valence-corrected chi connectivity index (χ0v) is 17.7. The number of fused-ring (bicyclic) bond motifs is 2. The Kier molecular flexibility index (Phi) is 5.40. The predicted molar refractivity (Wildman–Crippen MR) is 114 cm³/mol. The number of nitrogens with one attached hydrogen (secondary N) is 2. The van der Waals surface area contributed by atoms with Crippen LogP contribution >= 0.6 is 11.6 Å². The van der Waals surface area contributed by atoms with E-state index in [0.29, 0.717) is 17.5 Å². The molecule has 2 aliphatic rings. The molecule has 0 radical (unpaired) electrons. The van der Waals surface area contributed by atoms with E-state index in [2.05, 4.69) is 21.1 Å². The Morgan fingerprint density at radius 2 is 1.86 bits per heavy atom. The first kappa shape index (κ1) is 20.0. The summed E-state index contributed by atoms with van der Waals surface area (Å²) in [6, 6.07) is 1.51. The number of aryl methyl sites for hydroxylation is 2. The molecule has 0 bridgehead atoms. The third kappa shape index (κ3) is 4.04. The van der Waals surface area contributed by atoms with Crippen LogP contribution in [0.4, 0.5) is 10.5 Å². The van der Waals surface area contributed by atoms with E-state index in [0.717, 1.165) is 60.7 Å². The minimum absolute atomic E-state index is 0.405. The molecule has 29 heavy (non-hydrogen) atoms. The molecule has 1 aromatic heterocycles. The van der Waals surface area contributed by atoms with Crippen LogP contribution in [0.1, 0.15) is 47.8 Å². The molecule has 2 amide bonds. The van der Waals surface area contributed by atoms with Gasteiger partial charge in [0.25, 0.3) is 10.0 Å². The Hall–Kier alpha value is -2.32. The molecular weight excluding hydrogens is 412 g/mol. The Morgan fingerprint density at radius 3 is 2.48 bits per heavy atom. The van der Waals surface area contributed by atoms with Gasteiger partial charge in [0, 0.05) is 12.2 Å². The predicted octanol–water partition coefficient (Wildman–Crippen LogP) is 3.66. The quantitative estimate of drug-likeness (QED) is 0.751. The number of carbonyl (C=O) groups is 1. The minimum Gasteiger partial charge on any atom is -0.316 e. The van der Waals surface area contributed by atoms with E-state index >= 15 is 0 Å². The summed E-state index contributed by atoms with van der Waals surface area (Å²) in [7, 11) is -3.98. The zero-order chi connectivity index (χ0) is 20.6. The number of carbonyl (C=O) groups excluding carboxylic acids is 1. The molecule has 2 N–H and O–H groups in total. The molecule has 0 atom stereocenters. The lowest BCUT2D eigenvalue weighted by atomic mass is 9.99. The van der Waals surface area contributed by atoms with Gasteiger partial charge in [-0.3, -0.25) is 0 Å². The Morgan fingerprint density at radius 1 is 1.21 bits per heavy atom. The molecule has 0 aliphatic heterocycles. The summed E-state index contributed by atoms with van der Waals surface area (Å²) in [5.41, 5.74) is 5.64. The highest BCUT2D eigenvalue weighted by atomic mass is 35.5. The van der Waals surface area contributed by atoms with Crippen LogP contribution in [0, 0.1) is 0 Å². The molecule has 1 aromatic carbocycles. The highest BCUT2D eigenvalue weighted by molar-refractivity contribution is 7.93. The van der Waals surface area contributed by atoms with E-state index in [-0.39, 0.29) is 0 Å². The van der Waals surface area contributed by atoms with Gasteiger partial charge < -0.3 is 9.88 Å². The van der Waals surface area contributed by atoms with Gasteiger partial charge in [-0.15, -0.1) is 0 Å². The van der Waals surface area contributed by atoms with Gasteiger partial charge in [-0.2, -0.15) is 0 Å². The molecule has 1 heterocycles. The number of aromatic nitrogens is 2. The summed E-state index contributed by atoms with van der Waals surface area (Å²) in [6.07, 6.45) is 8.72. The van der Waals surface area contributed by atoms with E-state index < -0.39 is 16.1 Å². The number of hydrogen-bond donors (Lipinski definition) is 2. The molecule has 4 rings (SSSR count). The van der Waals surface area contributed by atoms with Gasteiger partial charge in [-0.05, 0) is 73.8 Å². The van der Waals surface area contributed by atoms with Crippen LogP contribution < -0.4 is 10.0 Å². The van der Waals surface area contributed by atoms with E-state index in [9.17, 15) is 13.2 Å². The number of anilines is 1. The lowest BCUT2D eigenvalue weighted by Gasteiger charge is -2.16. The Bertz CT molecular complexity index is 1070. The topological polar surface area (TPSA) is 93.1 Å². The highest BCUT2D eigenvalue weighted by Crippen LogP contribution is 2.38. The maximum absolute atomic E-state index is 12.5. The van der Waals surface area contributed by atoms with Crippen LogP contribution in [0.25, 0.3) is 6.08 Å². The van der Waals surface area contributed by atoms with Crippen molar-refractivity contribution in [3.63, 3.8) is 0 Å². The molecule has 0 spiro atoms. The molecule has 2 aliphatic carbocycles. The largest absolute Gasteiger partial charge is 0.333 e. The zero-order valence-electron chi connectivity index (χ0n) is 16.2. The number of halogens is 1. The molecule has 0 saturated carbocycles. The highest BCUT2D eigenvalue weighted by Gasteiger charge is 2.25. The van der Waals surface area contributed by atoms with Gasteiger partial charge in [-0.1, -0.05) is 17.7 Å². The van der Waals surface area contributed by atoms with E-state index in [4.69, 9.17) is 11.6 Å². The van der Waals surface area contributed by atoms with Crippen molar-refractivity contribution < 1.29 is 13.2 Å². The second-order valence-corrected chi connectivity index (χ2v) is 9.27. The normalized spacial score (nSPS) is 15.5. The van der Waals surface area contributed by atoms with Crippen molar-refractivity contribution in [3.05, 3.63) is 50.9 Å². The number of urea groups is 1. The van der Waals surface area contributed by atoms with Gasteiger partial charge in [0.05, 0.1) is 11.6 Å². The van der Waals surface area contributed by atoms with Crippen LogP contribution in [-0.2, 0) is 42.3 Å². The first-order valence-corrected chi connectivity index (χ1v) is 11.7. The summed E-state index contributed by atoms with van der Waals surface area (Å²) in [4.78, 5) is 16.6. The molecule has 154 valence electrons. The molecule has 7 nitrogen and oxygen atoms in total. The number of rotatable bonds is 5. The van der Waals surface area contributed by atoms with Crippen molar-refractivity contribution in [1.82, 2.24) is 14.3 Å². The fraction of sp³-hybridized carbons (Fsp3) is 0.400. The third-order valence-corrected chi connectivity index (χ3v) is 6.76. The van der Waals surface area contributed by atoms with E-state index in [1.807, 2.05) is 6.92 Å². The number of imidazole rings is 1. The summed E-state index contributed by atoms with van der Waals surface area (Å²) in [6.45, 7) is 2.43. The average molecular weight is 435 g/mol. The monoisotopic (exact) mass is 434 g/mol. The number of amides is 2. The molecule has 0 fully saturated rings. The van der Waals surface area contributed by atoms with Crippen molar-refractivity contribution in [1.29, 1.82) is 0 Å². The van der Waals surface area contributed by atoms with Crippen molar-refractivity contribution in [3.8, 4) is 0 Å². The lowest BCUT2D eigenvalue weighted by Crippen LogP contribution is -2.33. The Labute approximate surface area is 175 Å². The second kappa shape index (κ2) is 7.84. The number of nitrogens with zero attached hydrogens (tertiary/aromatic N) is 2. The smallest absolute Gasteiger partial charge is 0.316 e. The summed E-state index contributed by atoms with van der Waals surface area (Å²) in [5.74, 6) is 0.405. The van der Waals surface area contributed by atoms with Crippen molar-refractivity contribution >= 4 is 39.4 Å². The van der Waals surface area contributed by atoms with Crippen LogP contribution in [0.15, 0.2) is 17.7 Å². The standard InChI is InChI=1S/C20H23ClN4O3S/c1-2-25-17(21)12-22-18(25)9-10-29(27,28)24-20(26)23-19-15-7-3-5-13(15)11-14-6-4-8-16(14)19/h9-12H,2-8H2,1H3,(H2,23,24,26)/b10-9+. The van der Waals surface area contributed by atoms with Gasteiger partial charge in [0.15, 0.2) is 0 Å². The van der Waals surface area contributed by atoms with Gasteiger partial charge in [-0.25, -0.2) is 22.9 Å². The number of hydrogen-bond acceptors (Lipinski definition) is 4. The number of sulfonamides is 1. The van der Waals surface area contributed by atoms with Crippen LogP contribution in [0.2, 0.25) is 5.15 Å². The third-order valence-electron chi connectivity index (χ3n) is 5.50. The first-order chi connectivity index (χ1) is 13.9. The molecular formula is C20H23ClN4O3S. The van der Waals surface area contributed by atoms with E-state index in [1.54, 1.807) is 4.57 Å². The Balaban J connectivity index is 1.51. The minimum atomic E-state index is -3.98. The first-order valence-electron chi connectivity index (χ1n) is 9.77. The van der Waals surface area contributed by atoms with Gasteiger partial charge >= 0.3 is 6.03 Å². The van der Waals surface area contributed by atoms with Crippen molar-refractivity contribution in [2.24, 2.45) is 0 Å². The van der Waals surface area contributed by atoms with Gasteiger partial charge in [0.2, 0.25) is 0 Å². The van der Waals surface area contributed by atoms with E-state index in [1.165, 1.54) is 23.4 Å². The summed E-state index contributed by atoms with van der Waals surface area (Å²) in [5, 5.41) is 4.16. The SMILES string of the molecule is CCn1c(Cl)cnc1/C=C/S(=O)(=O)NC(=O)Nc1c2c(cc3c1CCC3)CCC2. The maximum Gasteiger partial charge on any atom is 0.333 e. The van der Waals surface area contributed by atoms with Crippen LogP contribution in [0.5, 0.6) is 0 Å². The molecule has 0 unspecified atom stereocenters. The van der Waals surface area contributed by atoms with Crippen molar-refractivity contribution in [2.45, 2.75) is 52.0 Å². The van der Waals surface area contributed by atoms with Gasteiger partial charge in [0.1, 0.15) is 11.0 Å². The second-order valence-electron chi connectivity index (χ2n) is 7.32. The van der Waals surface area contributed by atoms with Crippen LogP contribution in [-0.4, -0.2) is 24.0 Å². The lowest BCUT2D eigenvalue weighted by molar-refractivity contribution is 0.256. The molecule has 2 aromatic rings. The maximum atomic E-state index is 12.5.